The molecule has 0 spiro atoms. The molecule has 0 saturated carbocycles. The van der Waals surface area contributed by atoms with E-state index in [1.807, 2.05) is 6.92 Å². The van der Waals surface area contributed by atoms with E-state index in [2.05, 4.69) is 16.0 Å². The van der Waals surface area contributed by atoms with Gasteiger partial charge < -0.3 is 20.7 Å². The molecule has 1 aromatic carbocycles. The molecule has 3 amide bonds. The Kier molecular flexibility index (Phi) is 7.63. The Morgan fingerprint density at radius 1 is 1.21 bits per heavy atom. The number of hydrogen-bond donors (Lipinski definition) is 3. The van der Waals surface area contributed by atoms with E-state index in [4.69, 9.17) is 27.9 Å². The summed E-state index contributed by atoms with van der Waals surface area (Å²) in [6.07, 6.45) is -0.610. The van der Waals surface area contributed by atoms with Crippen LogP contribution in [0.5, 0.6) is 0 Å². The average molecular weight is 376 g/mol. The van der Waals surface area contributed by atoms with Gasteiger partial charge in [0.25, 0.3) is 0 Å². The smallest absolute Gasteiger partial charge is 0.408 e. The van der Waals surface area contributed by atoms with Gasteiger partial charge in [-0.3, -0.25) is 0 Å². The molecule has 1 atom stereocenters. The van der Waals surface area contributed by atoms with Gasteiger partial charge in [0.2, 0.25) is 0 Å². The Morgan fingerprint density at radius 2 is 1.88 bits per heavy atom. The van der Waals surface area contributed by atoms with Crippen molar-refractivity contribution in [2.45, 2.75) is 39.3 Å². The number of urea groups is 1. The highest BCUT2D eigenvalue weighted by atomic mass is 35.5. The highest BCUT2D eigenvalue weighted by molar-refractivity contribution is 6.42. The summed E-state index contributed by atoms with van der Waals surface area (Å²) in [6.45, 7) is 7.73. The zero-order valence-corrected chi connectivity index (χ0v) is 15.7. The van der Waals surface area contributed by atoms with E-state index in [1.54, 1.807) is 39.0 Å². The van der Waals surface area contributed by atoms with Crippen LogP contribution in [0.25, 0.3) is 0 Å². The zero-order chi connectivity index (χ0) is 18.3. The number of nitrogens with one attached hydrogen (secondary N) is 3. The fraction of sp³-hybridized carbons (Fsp3) is 0.500. The second kappa shape index (κ2) is 8.99. The van der Waals surface area contributed by atoms with Crippen molar-refractivity contribution < 1.29 is 14.3 Å². The van der Waals surface area contributed by atoms with E-state index in [0.29, 0.717) is 22.2 Å². The number of carbonyl (C=O) groups is 2. The molecule has 1 rings (SSSR count). The predicted octanol–water partition coefficient (Wildman–Crippen LogP) is 3.88. The average Bonchev–Trinajstić information content (AvgIpc) is 2.45. The topological polar surface area (TPSA) is 79.5 Å². The predicted molar refractivity (Wildman–Crippen MR) is 95.6 cm³/mol. The van der Waals surface area contributed by atoms with Gasteiger partial charge in [0.05, 0.1) is 16.1 Å². The highest BCUT2D eigenvalue weighted by Gasteiger charge is 2.23. The van der Waals surface area contributed by atoms with Crippen molar-refractivity contribution in [1.82, 2.24) is 16.0 Å². The lowest BCUT2D eigenvalue weighted by molar-refractivity contribution is 0.0503. The van der Waals surface area contributed by atoms with Crippen molar-refractivity contribution >= 4 is 35.3 Å². The number of amides is 3. The van der Waals surface area contributed by atoms with E-state index in [0.717, 1.165) is 0 Å². The monoisotopic (exact) mass is 375 g/mol. The van der Waals surface area contributed by atoms with Gasteiger partial charge in [-0.1, -0.05) is 35.3 Å². The maximum absolute atomic E-state index is 12.1. The third-order valence-electron chi connectivity index (χ3n) is 2.85. The van der Waals surface area contributed by atoms with Crippen LogP contribution in [-0.4, -0.2) is 30.8 Å². The Hall–Kier alpha value is -1.66. The molecule has 0 aliphatic carbocycles. The van der Waals surface area contributed by atoms with Crippen LogP contribution >= 0.6 is 23.2 Å². The first-order chi connectivity index (χ1) is 11.1. The molecule has 0 aliphatic rings. The number of halogens is 2. The molecule has 8 heteroatoms. The van der Waals surface area contributed by atoms with Gasteiger partial charge in [-0.25, -0.2) is 9.59 Å². The van der Waals surface area contributed by atoms with Crippen LogP contribution in [0.3, 0.4) is 0 Å². The minimum Gasteiger partial charge on any atom is -0.444 e. The number of hydrogen-bond acceptors (Lipinski definition) is 3. The van der Waals surface area contributed by atoms with Gasteiger partial charge in [-0.2, -0.15) is 0 Å². The van der Waals surface area contributed by atoms with Crippen molar-refractivity contribution in [2.75, 3.05) is 13.1 Å². The van der Waals surface area contributed by atoms with E-state index < -0.39 is 17.7 Å². The third kappa shape index (κ3) is 6.84. The van der Waals surface area contributed by atoms with Crippen molar-refractivity contribution in [1.29, 1.82) is 0 Å². The number of ether oxygens (including phenoxy) is 1. The lowest BCUT2D eigenvalue weighted by Crippen LogP contribution is -2.43. The first kappa shape index (κ1) is 20.4. The Balaban J connectivity index is 2.92. The minimum atomic E-state index is -0.639. The molecular formula is C16H23Cl2N3O3. The van der Waals surface area contributed by atoms with E-state index >= 15 is 0 Å². The Labute approximate surface area is 152 Å². The van der Waals surface area contributed by atoms with Gasteiger partial charge in [-0.05, 0) is 39.3 Å². The summed E-state index contributed by atoms with van der Waals surface area (Å²) in [7, 11) is 0. The van der Waals surface area contributed by atoms with Crippen LogP contribution in [0.2, 0.25) is 10.0 Å². The quantitative estimate of drug-likeness (QED) is 0.730. The molecular weight excluding hydrogens is 353 g/mol. The first-order valence-electron chi connectivity index (χ1n) is 7.59. The fourth-order valence-electron chi connectivity index (χ4n) is 1.90. The van der Waals surface area contributed by atoms with Crippen LogP contribution in [0.15, 0.2) is 18.2 Å². The molecule has 0 bridgehead atoms. The SMILES string of the molecule is CCNC(=O)NCC(NC(=O)OC(C)(C)C)c1cccc(Cl)c1Cl. The Bertz CT molecular complexity index is 588. The summed E-state index contributed by atoms with van der Waals surface area (Å²) >= 11 is 12.3. The van der Waals surface area contributed by atoms with E-state index in [1.165, 1.54) is 0 Å². The van der Waals surface area contributed by atoms with Crippen molar-refractivity contribution in [3.63, 3.8) is 0 Å². The molecule has 1 unspecified atom stereocenters. The molecule has 0 aromatic heterocycles. The van der Waals surface area contributed by atoms with Crippen molar-refractivity contribution in [2.24, 2.45) is 0 Å². The second-order valence-electron chi connectivity index (χ2n) is 6.08. The van der Waals surface area contributed by atoms with Crippen LogP contribution in [0, 0.1) is 0 Å². The summed E-state index contributed by atoms with van der Waals surface area (Å²) in [5.41, 5.74) is -0.0495. The van der Waals surface area contributed by atoms with Gasteiger partial charge in [0.15, 0.2) is 0 Å². The molecule has 0 aliphatic heterocycles. The van der Waals surface area contributed by atoms with Crippen LogP contribution in [0.1, 0.15) is 39.3 Å². The Morgan fingerprint density at radius 3 is 2.46 bits per heavy atom. The molecule has 3 N–H and O–H groups in total. The molecule has 134 valence electrons. The summed E-state index contributed by atoms with van der Waals surface area (Å²) < 4.78 is 5.26. The zero-order valence-electron chi connectivity index (χ0n) is 14.2. The lowest BCUT2D eigenvalue weighted by Gasteiger charge is -2.25. The fourth-order valence-corrected chi connectivity index (χ4v) is 2.34. The molecule has 6 nitrogen and oxygen atoms in total. The summed E-state index contributed by atoms with van der Waals surface area (Å²) in [4.78, 5) is 23.7. The second-order valence-corrected chi connectivity index (χ2v) is 6.87. The van der Waals surface area contributed by atoms with Crippen molar-refractivity contribution in [3.05, 3.63) is 33.8 Å². The largest absolute Gasteiger partial charge is 0.444 e. The van der Waals surface area contributed by atoms with Gasteiger partial charge in [0, 0.05) is 13.1 Å². The number of benzene rings is 1. The standard InChI is InChI=1S/C16H23Cl2N3O3/c1-5-19-14(22)20-9-12(21-15(23)24-16(2,3)4)10-7-6-8-11(17)13(10)18/h6-8,12H,5,9H2,1-4H3,(H,21,23)(H2,19,20,22). The van der Waals surface area contributed by atoms with Crippen LogP contribution in [0.4, 0.5) is 9.59 Å². The van der Waals surface area contributed by atoms with Gasteiger partial charge >= 0.3 is 12.1 Å². The molecule has 0 radical (unpaired) electrons. The first-order valence-corrected chi connectivity index (χ1v) is 8.34. The molecule has 24 heavy (non-hydrogen) atoms. The van der Waals surface area contributed by atoms with E-state index in [9.17, 15) is 9.59 Å². The van der Waals surface area contributed by atoms with Gasteiger partial charge in [-0.15, -0.1) is 0 Å². The summed E-state index contributed by atoms with van der Waals surface area (Å²) in [6, 6.07) is 4.17. The third-order valence-corrected chi connectivity index (χ3v) is 3.69. The molecule has 0 fully saturated rings. The molecule has 1 aromatic rings. The van der Waals surface area contributed by atoms with Crippen LogP contribution in [-0.2, 0) is 4.74 Å². The molecule has 0 saturated heterocycles. The normalized spacial score (nSPS) is 12.2. The maximum Gasteiger partial charge on any atom is 0.408 e. The summed E-state index contributed by atoms with van der Waals surface area (Å²) in [5.74, 6) is 0. The lowest BCUT2D eigenvalue weighted by atomic mass is 10.1. The maximum atomic E-state index is 12.1. The van der Waals surface area contributed by atoms with Crippen molar-refractivity contribution in [3.8, 4) is 0 Å². The van der Waals surface area contributed by atoms with E-state index in [-0.39, 0.29) is 12.6 Å². The summed E-state index contributed by atoms with van der Waals surface area (Å²) in [5, 5.41) is 8.68. The van der Waals surface area contributed by atoms with Crippen LogP contribution < -0.4 is 16.0 Å². The number of alkyl carbamates (subject to hydrolysis) is 1. The molecule has 0 heterocycles. The minimum absolute atomic E-state index is 0.130. The number of carbonyl (C=O) groups excluding carboxylic acids is 2. The number of rotatable bonds is 5. The van der Waals surface area contributed by atoms with Gasteiger partial charge in [0.1, 0.15) is 5.60 Å². The highest BCUT2D eigenvalue weighted by Crippen LogP contribution is 2.30.